The van der Waals surface area contributed by atoms with Gasteiger partial charge in [0.1, 0.15) is 11.5 Å². The Bertz CT molecular complexity index is 1040. The van der Waals surface area contributed by atoms with E-state index in [0.717, 1.165) is 6.07 Å². The molecule has 27 heavy (non-hydrogen) atoms. The summed E-state index contributed by atoms with van der Waals surface area (Å²) in [4.78, 5) is 19.4. The second-order valence-electron chi connectivity index (χ2n) is 5.18. The van der Waals surface area contributed by atoms with E-state index in [4.69, 9.17) is 0 Å². The summed E-state index contributed by atoms with van der Waals surface area (Å²) in [5.74, 6) is 3.60. The molecule has 0 aliphatic carbocycles. The minimum Gasteiger partial charge on any atom is -0.320 e. The summed E-state index contributed by atoms with van der Waals surface area (Å²) >= 11 is 0.435. The highest BCUT2D eigenvalue weighted by Gasteiger charge is 2.34. The van der Waals surface area contributed by atoms with Crippen LogP contribution in [0.3, 0.4) is 0 Å². The van der Waals surface area contributed by atoms with Gasteiger partial charge in [-0.1, -0.05) is 5.92 Å². The number of hydrogen-bond acceptors (Lipinski definition) is 4. The Morgan fingerprint density at radius 2 is 2.00 bits per heavy atom. The third-order valence-corrected chi connectivity index (χ3v) is 4.10. The zero-order valence-corrected chi connectivity index (χ0v) is 14.2. The van der Waals surface area contributed by atoms with Gasteiger partial charge in [0.15, 0.2) is 5.01 Å². The van der Waals surface area contributed by atoms with Crippen molar-refractivity contribution in [2.45, 2.75) is 6.18 Å². The van der Waals surface area contributed by atoms with Crippen molar-refractivity contribution >= 4 is 22.9 Å². The van der Waals surface area contributed by atoms with Crippen molar-refractivity contribution < 1.29 is 22.4 Å². The number of aromatic nitrogens is 2. The average Bonchev–Trinajstić information content (AvgIpc) is 3.11. The summed E-state index contributed by atoms with van der Waals surface area (Å²) < 4.78 is 51.6. The lowest BCUT2D eigenvalue weighted by Crippen LogP contribution is -2.14. The van der Waals surface area contributed by atoms with Crippen molar-refractivity contribution in [3.63, 3.8) is 0 Å². The number of anilines is 1. The van der Waals surface area contributed by atoms with Gasteiger partial charge < -0.3 is 5.32 Å². The topological polar surface area (TPSA) is 54.9 Å². The number of amides is 1. The van der Waals surface area contributed by atoms with E-state index < -0.39 is 22.9 Å². The van der Waals surface area contributed by atoms with E-state index in [2.05, 4.69) is 27.1 Å². The lowest BCUT2D eigenvalue weighted by atomic mass is 10.1. The van der Waals surface area contributed by atoms with Crippen LogP contribution in [-0.2, 0) is 6.18 Å². The van der Waals surface area contributed by atoms with Gasteiger partial charge in [0.05, 0.1) is 17.4 Å². The average molecular weight is 391 g/mol. The summed E-state index contributed by atoms with van der Waals surface area (Å²) in [5.41, 5.74) is 0.341. The number of halogens is 4. The van der Waals surface area contributed by atoms with Crippen LogP contribution < -0.4 is 5.32 Å². The van der Waals surface area contributed by atoms with E-state index in [1.165, 1.54) is 29.9 Å². The molecule has 0 aliphatic rings. The lowest BCUT2D eigenvalue weighted by molar-refractivity contribution is -0.137. The maximum atomic E-state index is 14.0. The molecule has 0 unspecified atom stereocenters. The quantitative estimate of drug-likeness (QED) is 0.522. The molecule has 0 atom stereocenters. The molecule has 0 saturated carbocycles. The van der Waals surface area contributed by atoms with E-state index >= 15 is 0 Å². The van der Waals surface area contributed by atoms with Gasteiger partial charge in [-0.15, -0.1) is 11.3 Å². The third kappa shape index (κ3) is 4.68. The van der Waals surface area contributed by atoms with Crippen LogP contribution in [0.4, 0.5) is 23.2 Å². The van der Waals surface area contributed by atoms with Gasteiger partial charge in [-0.2, -0.15) is 13.2 Å². The maximum Gasteiger partial charge on any atom is 0.443 e. The number of alkyl halides is 3. The van der Waals surface area contributed by atoms with E-state index in [0.29, 0.717) is 17.0 Å². The van der Waals surface area contributed by atoms with Gasteiger partial charge in [0.25, 0.3) is 5.91 Å². The number of hydrogen-bond donors (Lipinski definition) is 1. The Balaban J connectivity index is 1.82. The van der Waals surface area contributed by atoms with Crippen molar-refractivity contribution in [3.8, 4) is 11.8 Å². The molecule has 0 saturated heterocycles. The normalized spacial score (nSPS) is 10.8. The van der Waals surface area contributed by atoms with Crippen LogP contribution in [0.1, 0.15) is 26.6 Å². The second-order valence-corrected chi connectivity index (χ2v) is 6.03. The minimum atomic E-state index is -4.53. The van der Waals surface area contributed by atoms with Crippen molar-refractivity contribution in [1.82, 2.24) is 9.97 Å². The minimum absolute atomic E-state index is 0.0574. The number of rotatable bonds is 2. The molecular formula is C18H9F4N3OS. The second kappa shape index (κ2) is 7.55. The fourth-order valence-electron chi connectivity index (χ4n) is 2.01. The van der Waals surface area contributed by atoms with E-state index in [1.807, 2.05) is 0 Å². The fourth-order valence-corrected chi connectivity index (χ4v) is 2.63. The van der Waals surface area contributed by atoms with Gasteiger partial charge in [-0.05, 0) is 36.3 Å². The van der Waals surface area contributed by atoms with Gasteiger partial charge in [-0.25, -0.2) is 9.37 Å². The highest BCUT2D eigenvalue weighted by Crippen LogP contribution is 2.31. The molecule has 4 nitrogen and oxygen atoms in total. The Morgan fingerprint density at radius 3 is 2.67 bits per heavy atom. The first-order valence-corrected chi connectivity index (χ1v) is 8.26. The Kier molecular flexibility index (Phi) is 5.19. The molecule has 3 aromatic rings. The molecule has 1 amide bonds. The Hall–Kier alpha value is -3.25. The zero-order valence-electron chi connectivity index (χ0n) is 13.3. The van der Waals surface area contributed by atoms with Crippen molar-refractivity contribution in [1.29, 1.82) is 0 Å². The predicted octanol–water partition coefficient (Wildman–Crippen LogP) is 4.35. The number of nitrogens with one attached hydrogen (secondary N) is 1. The van der Waals surface area contributed by atoms with Gasteiger partial charge in [-0.3, -0.25) is 9.78 Å². The number of nitrogens with zero attached hydrogens (tertiary/aromatic N) is 2. The van der Waals surface area contributed by atoms with Crippen molar-refractivity contribution in [2.24, 2.45) is 0 Å². The molecule has 0 fully saturated rings. The van der Waals surface area contributed by atoms with Crippen LogP contribution in [0.5, 0.6) is 0 Å². The number of carbonyl (C=O) groups is 1. The molecular weight excluding hydrogens is 382 g/mol. The van der Waals surface area contributed by atoms with Crippen LogP contribution in [0.15, 0.2) is 48.1 Å². The molecule has 2 aromatic heterocycles. The van der Waals surface area contributed by atoms with Crippen LogP contribution >= 0.6 is 11.3 Å². The van der Waals surface area contributed by atoms with Crippen molar-refractivity contribution in [3.05, 3.63) is 75.8 Å². The Morgan fingerprint density at radius 1 is 1.19 bits per heavy atom. The standard InChI is InChI=1S/C18H9F4N3OS/c19-15-6-4-11(3-5-13-10-27-17(25-13)18(20,21)22)8-14(15)16(26)24-12-2-1-7-23-9-12/h1-2,4,6-10H,(H,24,26). The first kappa shape index (κ1) is 18.5. The van der Waals surface area contributed by atoms with E-state index in [-0.39, 0.29) is 16.8 Å². The lowest BCUT2D eigenvalue weighted by Gasteiger charge is -2.06. The molecule has 136 valence electrons. The molecule has 1 aromatic carbocycles. The van der Waals surface area contributed by atoms with Gasteiger partial charge >= 0.3 is 6.18 Å². The number of carbonyl (C=O) groups excluding carboxylic acids is 1. The van der Waals surface area contributed by atoms with Crippen LogP contribution in [0.25, 0.3) is 0 Å². The largest absolute Gasteiger partial charge is 0.443 e. The smallest absolute Gasteiger partial charge is 0.320 e. The van der Waals surface area contributed by atoms with Crippen LogP contribution in [0, 0.1) is 17.7 Å². The molecule has 0 aliphatic heterocycles. The molecule has 0 spiro atoms. The molecule has 0 radical (unpaired) electrons. The predicted molar refractivity (Wildman–Crippen MR) is 91.7 cm³/mol. The third-order valence-electron chi connectivity index (χ3n) is 3.21. The number of benzene rings is 1. The molecule has 2 heterocycles. The molecule has 0 bridgehead atoms. The maximum absolute atomic E-state index is 14.0. The Labute approximate surface area is 154 Å². The number of pyridine rings is 1. The summed E-state index contributed by atoms with van der Waals surface area (Å²) in [5, 5.41) is 2.67. The van der Waals surface area contributed by atoms with Crippen molar-refractivity contribution in [2.75, 3.05) is 5.32 Å². The van der Waals surface area contributed by atoms with E-state index in [1.54, 1.807) is 12.1 Å². The molecule has 3 rings (SSSR count). The monoisotopic (exact) mass is 391 g/mol. The highest BCUT2D eigenvalue weighted by atomic mass is 32.1. The SMILES string of the molecule is O=C(Nc1cccnc1)c1cc(C#Cc2csc(C(F)(F)F)n2)ccc1F. The molecule has 9 heteroatoms. The molecule has 1 N–H and O–H groups in total. The number of thiazole rings is 1. The summed E-state index contributed by atoms with van der Waals surface area (Å²) in [7, 11) is 0. The van der Waals surface area contributed by atoms with Gasteiger partial charge in [0.2, 0.25) is 0 Å². The highest BCUT2D eigenvalue weighted by molar-refractivity contribution is 7.09. The first-order chi connectivity index (χ1) is 12.8. The van der Waals surface area contributed by atoms with Crippen LogP contribution in [0.2, 0.25) is 0 Å². The summed E-state index contributed by atoms with van der Waals surface area (Å²) in [6, 6.07) is 6.79. The summed E-state index contributed by atoms with van der Waals surface area (Å²) in [6.07, 6.45) is -1.60. The van der Waals surface area contributed by atoms with Gasteiger partial charge in [0, 0.05) is 17.1 Å². The van der Waals surface area contributed by atoms with Crippen LogP contribution in [-0.4, -0.2) is 15.9 Å². The van der Waals surface area contributed by atoms with E-state index in [9.17, 15) is 22.4 Å². The fraction of sp³-hybridized carbons (Fsp3) is 0.0556. The zero-order chi connectivity index (χ0) is 19.4. The first-order valence-electron chi connectivity index (χ1n) is 7.38. The summed E-state index contributed by atoms with van der Waals surface area (Å²) in [6.45, 7) is 0.